The second-order valence-corrected chi connectivity index (χ2v) is 2.98. The highest BCUT2D eigenvalue weighted by Gasteiger charge is 2.03. The van der Waals surface area contributed by atoms with Crippen LogP contribution in [0.4, 0.5) is 4.39 Å². The fourth-order valence-corrected chi connectivity index (χ4v) is 1.28. The highest BCUT2D eigenvalue weighted by Crippen LogP contribution is 2.17. The molecule has 62 valence electrons. The summed E-state index contributed by atoms with van der Waals surface area (Å²) in [7, 11) is 0. The van der Waals surface area contributed by atoms with Crippen molar-refractivity contribution in [2.45, 2.75) is 6.92 Å². The van der Waals surface area contributed by atoms with Gasteiger partial charge < -0.3 is 9.40 Å². The van der Waals surface area contributed by atoms with E-state index in [0.717, 1.165) is 5.52 Å². The second kappa shape index (κ2) is 2.42. The summed E-state index contributed by atoms with van der Waals surface area (Å²) in [5, 5.41) is 0. The van der Waals surface area contributed by atoms with E-state index in [-0.39, 0.29) is 10.7 Å². The van der Waals surface area contributed by atoms with Gasteiger partial charge in [0.1, 0.15) is 5.82 Å². The highest BCUT2D eigenvalue weighted by atomic mass is 32.1. The number of fused-ring (bicyclic) bond motifs is 1. The van der Waals surface area contributed by atoms with Gasteiger partial charge in [-0.15, -0.1) is 0 Å². The molecule has 1 N–H and O–H groups in total. The fourth-order valence-electron chi connectivity index (χ4n) is 1.08. The molecule has 0 bridgehead atoms. The van der Waals surface area contributed by atoms with Crippen LogP contribution < -0.4 is 0 Å². The third-order valence-electron chi connectivity index (χ3n) is 1.70. The van der Waals surface area contributed by atoms with Crippen LogP contribution in [0.2, 0.25) is 0 Å². The average molecular weight is 183 g/mol. The first-order chi connectivity index (χ1) is 5.66. The zero-order valence-corrected chi connectivity index (χ0v) is 7.17. The molecule has 1 aromatic carbocycles. The summed E-state index contributed by atoms with van der Waals surface area (Å²) in [5.41, 5.74) is 1.77. The molecule has 4 heteroatoms. The number of benzene rings is 1. The lowest BCUT2D eigenvalue weighted by Gasteiger charge is -1.93. The predicted molar refractivity (Wildman–Crippen MR) is 46.1 cm³/mol. The summed E-state index contributed by atoms with van der Waals surface area (Å²) in [6, 6.07) is 3.00. The van der Waals surface area contributed by atoms with Crippen LogP contribution in [-0.2, 0) is 0 Å². The highest BCUT2D eigenvalue weighted by molar-refractivity contribution is 7.71. The lowest BCUT2D eigenvalue weighted by atomic mass is 10.2. The van der Waals surface area contributed by atoms with Crippen LogP contribution >= 0.6 is 12.2 Å². The minimum Gasteiger partial charge on any atom is -0.429 e. The van der Waals surface area contributed by atoms with Gasteiger partial charge in [0, 0.05) is 6.07 Å². The molecule has 2 rings (SSSR count). The molecule has 0 spiro atoms. The maximum Gasteiger partial charge on any atom is 0.266 e. The lowest BCUT2D eigenvalue weighted by Crippen LogP contribution is -1.80. The Bertz CT molecular complexity index is 443. The smallest absolute Gasteiger partial charge is 0.266 e. The van der Waals surface area contributed by atoms with Gasteiger partial charge in [0.05, 0.1) is 5.52 Å². The molecular formula is C8H6FNOS. The van der Waals surface area contributed by atoms with Gasteiger partial charge in [0.15, 0.2) is 5.58 Å². The van der Waals surface area contributed by atoms with Gasteiger partial charge in [-0.2, -0.15) is 0 Å². The van der Waals surface area contributed by atoms with Crippen molar-refractivity contribution in [3.8, 4) is 0 Å². The number of aromatic nitrogens is 1. The first-order valence-electron chi connectivity index (χ1n) is 3.46. The van der Waals surface area contributed by atoms with Gasteiger partial charge in [-0.05, 0) is 30.8 Å². The van der Waals surface area contributed by atoms with E-state index in [0.29, 0.717) is 11.1 Å². The molecule has 0 aliphatic rings. The Balaban J connectivity index is 2.92. The molecular weight excluding hydrogens is 177 g/mol. The van der Waals surface area contributed by atoms with Gasteiger partial charge in [0.2, 0.25) is 0 Å². The number of hydrogen-bond donors (Lipinski definition) is 1. The molecule has 2 aromatic rings. The van der Waals surface area contributed by atoms with E-state index in [2.05, 4.69) is 4.98 Å². The van der Waals surface area contributed by atoms with E-state index in [1.165, 1.54) is 6.07 Å². The van der Waals surface area contributed by atoms with Crippen molar-refractivity contribution in [1.82, 2.24) is 4.98 Å². The molecule has 0 saturated heterocycles. The topological polar surface area (TPSA) is 28.9 Å². The van der Waals surface area contributed by atoms with Crippen LogP contribution in [0.5, 0.6) is 0 Å². The average Bonchev–Trinajstić information content (AvgIpc) is 2.30. The van der Waals surface area contributed by atoms with Gasteiger partial charge in [-0.3, -0.25) is 0 Å². The van der Waals surface area contributed by atoms with Crippen molar-refractivity contribution >= 4 is 23.3 Å². The Labute approximate surface area is 73.0 Å². The molecule has 0 radical (unpaired) electrons. The van der Waals surface area contributed by atoms with E-state index in [1.807, 2.05) is 0 Å². The zero-order chi connectivity index (χ0) is 8.72. The normalized spacial score (nSPS) is 10.8. The van der Waals surface area contributed by atoms with Crippen molar-refractivity contribution in [3.05, 3.63) is 28.4 Å². The van der Waals surface area contributed by atoms with E-state index in [4.69, 9.17) is 16.6 Å². The predicted octanol–water partition coefficient (Wildman–Crippen LogP) is 2.94. The molecule has 0 saturated carbocycles. The standard InChI is InChI=1S/C8H6FNOS/c1-4-2-6-7(3-5(4)9)11-8(12)10-6/h2-3H,1H3,(H,10,12). The number of aromatic amines is 1. The zero-order valence-electron chi connectivity index (χ0n) is 6.35. The van der Waals surface area contributed by atoms with Crippen LogP contribution in [0.1, 0.15) is 5.56 Å². The summed E-state index contributed by atoms with van der Waals surface area (Å²) in [6.45, 7) is 1.69. The lowest BCUT2D eigenvalue weighted by molar-refractivity contribution is 0.574. The van der Waals surface area contributed by atoms with Gasteiger partial charge in [-0.1, -0.05) is 0 Å². The number of aryl methyl sites for hydroxylation is 1. The number of nitrogens with one attached hydrogen (secondary N) is 1. The Morgan fingerprint density at radius 3 is 3.00 bits per heavy atom. The van der Waals surface area contributed by atoms with Gasteiger partial charge >= 0.3 is 0 Å². The number of oxazole rings is 1. The number of H-pyrrole nitrogens is 1. The minimum atomic E-state index is -0.278. The quantitative estimate of drug-likeness (QED) is 0.636. The Hall–Kier alpha value is -1.16. The fraction of sp³-hybridized carbons (Fsp3) is 0.125. The van der Waals surface area contributed by atoms with Crippen molar-refractivity contribution in [3.63, 3.8) is 0 Å². The third kappa shape index (κ3) is 1.04. The van der Waals surface area contributed by atoms with E-state index in [9.17, 15) is 4.39 Å². The molecule has 0 unspecified atom stereocenters. The summed E-state index contributed by atoms with van der Waals surface area (Å²) in [5.74, 6) is -0.278. The van der Waals surface area contributed by atoms with Crippen LogP contribution in [0.25, 0.3) is 11.1 Å². The molecule has 2 nitrogen and oxygen atoms in total. The van der Waals surface area contributed by atoms with Gasteiger partial charge in [0.25, 0.3) is 4.84 Å². The number of hydrogen-bond acceptors (Lipinski definition) is 2. The van der Waals surface area contributed by atoms with Crippen LogP contribution in [0, 0.1) is 17.6 Å². The summed E-state index contributed by atoms with van der Waals surface area (Å²) >= 11 is 4.75. The Morgan fingerprint density at radius 2 is 2.25 bits per heavy atom. The number of halogens is 1. The monoisotopic (exact) mass is 183 g/mol. The largest absolute Gasteiger partial charge is 0.429 e. The van der Waals surface area contributed by atoms with E-state index < -0.39 is 0 Å². The number of rotatable bonds is 0. The molecule has 0 aliphatic heterocycles. The minimum absolute atomic E-state index is 0.273. The summed E-state index contributed by atoms with van der Waals surface area (Å²) in [6.07, 6.45) is 0. The Morgan fingerprint density at radius 1 is 1.50 bits per heavy atom. The van der Waals surface area contributed by atoms with Crippen LogP contribution in [0.15, 0.2) is 16.5 Å². The van der Waals surface area contributed by atoms with E-state index >= 15 is 0 Å². The third-order valence-corrected chi connectivity index (χ3v) is 1.89. The van der Waals surface area contributed by atoms with E-state index in [1.54, 1.807) is 13.0 Å². The molecule has 0 fully saturated rings. The molecule has 1 heterocycles. The summed E-state index contributed by atoms with van der Waals surface area (Å²) in [4.78, 5) is 3.08. The van der Waals surface area contributed by atoms with Gasteiger partial charge in [-0.25, -0.2) is 4.39 Å². The maximum atomic E-state index is 13.0. The van der Waals surface area contributed by atoms with Crippen molar-refractivity contribution in [2.24, 2.45) is 0 Å². The van der Waals surface area contributed by atoms with Crippen LogP contribution in [0.3, 0.4) is 0 Å². The molecule has 0 aliphatic carbocycles. The SMILES string of the molecule is Cc1cc2[nH]c(=S)oc2cc1F. The van der Waals surface area contributed by atoms with Crippen LogP contribution in [-0.4, -0.2) is 4.98 Å². The first kappa shape index (κ1) is 7.49. The second-order valence-electron chi connectivity index (χ2n) is 2.61. The first-order valence-corrected chi connectivity index (χ1v) is 3.86. The Kier molecular flexibility index (Phi) is 1.51. The molecule has 0 atom stereocenters. The van der Waals surface area contributed by atoms with Crippen molar-refractivity contribution in [1.29, 1.82) is 0 Å². The van der Waals surface area contributed by atoms with Crippen molar-refractivity contribution in [2.75, 3.05) is 0 Å². The molecule has 0 amide bonds. The van der Waals surface area contributed by atoms with Crippen molar-refractivity contribution < 1.29 is 8.81 Å². The molecule has 1 aromatic heterocycles. The maximum absolute atomic E-state index is 13.0. The molecule has 12 heavy (non-hydrogen) atoms. The summed E-state index contributed by atoms with van der Waals surface area (Å²) < 4.78 is 18.0.